The Morgan fingerprint density at radius 2 is 2.04 bits per heavy atom. The smallest absolute Gasteiger partial charge is 0.339 e. The number of carbonyl (C=O) groups is 1. The molecule has 2 heterocycles. The van der Waals surface area contributed by atoms with E-state index in [0.29, 0.717) is 21.8 Å². The predicted molar refractivity (Wildman–Crippen MR) is 88.3 cm³/mol. The third kappa shape index (κ3) is 3.43. The molecule has 0 saturated heterocycles. The number of imidazole rings is 1. The molecule has 0 fully saturated rings. The molecule has 1 N–H and O–H groups in total. The highest BCUT2D eigenvalue weighted by atomic mass is 35.5. The SMILES string of the molecule is CC.Cn1cnc2c(Oc3cccc(Cl)c3)ncc(C(=O)O)c21. The van der Waals surface area contributed by atoms with Crippen molar-refractivity contribution in [3.63, 3.8) is 0 Å². The highest BCUT2D eigenvalue weighted by Gasteiger charge is 2.18. The first kappa shape index (κ1) is 16.8. The number of aromatic nitrogens is 3. The minimum atomic E-state index is -1.06. The van der Waals surface area contributed by atoms with Crippen LogP contribution in [0.25, 0.3) is 11.0 Å². The van der Waals surface area contributed by atoms with E-state index in [1.807, 2.05) is 13.8 Å². The van der Waals surface area contributed by atoms with E-state index in [0.717, 1.165) is 0 Å². The Labute approximate surface area is 138 Å². The Balaban J connectivity index is 0.000000924. The van der Waals surface area contributed by atoms with E-state index < -0.39 is 5.97 Å². The zero-order valence-corrected chi connectivity index (χ0v) is 13.7. The number of aryl methyl sites for hydroxylation is 1. The Kier molecular flexibility index (Phi) is 5.18. The van der Waals surface area contributed by atoms with Gasteiger partial charge in [0, 0.05) is 18.3 Å². The summed E-state index contributed by atoms with van der Waals surface area (Å²) >= 11 is 5.90. The second-order valence-corrected chi connectivity index (χ2v) is 4.83. The molecule has 2 aromatic heterocycles. The van der Waals surface area contributed by atoms with Crippen LogP contribution >= 0.6 is 11.6 Å². The number of benzene rings is 1. The summed E-state index contributed by atoms with van der Waals surface area (Å²) in [5.41, 5.74) is 0.912. The number of rotatable bonds is 3. The van der Waals surface area contributed by atoms with Crippen molar-refractivity contribution in [2.24, 2.45) is 7.05 Å². The molecule has 3 rings (SSSR count). The number of hydrogen-bond donors (Lipinski definition) is 1. The summed E-state index contributed by atoms with van der Waals surface area (Å²) in [6.45, 7) is 4.00. The maximum Gasteiger partial charge on any atom is 0.339 e. The van der Waals surface area contributed by atoms with Crippen LogP contribution in [-0.4, -0.2) is 25.6 Å². The van der Waals surface area contributed by atoms with Crippen molar-refractivity contribution >= 4 is 28.6 Å². The largest absolute Gasteiger partial charge is 0.478 e. The maximum absolute atomic E-state index is 11.2. The average Bonchev–Trinajstić information content (AvgIpc) is 2.92. The van der Waals surface area contributed by atoms with Crippen LogP contribution in [-0.2, 0) is 7.05 Å². The lowest BCUT2D eigenvalue weighted by Crippen LogP contribution is -2.02. The van der Waals surface area contributed by atoms with Crippen molar-refractivity contribution in [2.45, 2.75) is 13.8 Å². The van der Waals surface area contributed by atoms with E-state index in [9.17, 15) is 9.90 Å². The van der Waals surface area contributed by atoms with Gasteiger partial charge in [0.25, 0.3) is 0 Å². The lowest BCUT2D eigenvalue weighted by molar-refractivity contribution is 0.0698. The van der Waals surface area contributed by atoms with Gasteiger partial charge in [-0.15, -0.1) is 0 Å². The number of aromatic carboxylic acids is 1. The summed E-state index contributed by atoms with van der Waals surface area (Å²) in [6.07, 6.45) is 2.77. The molecule has 7 heteroatoms. The third-order valence-corrected chi connectivity index (χ3v) is 3.18. The first-order valence-electron chi connectivity index (χ1n) is 7.03. The molecule has 0 aliphatic rings. The minimum Gasteiger partial charge on any atom is -0.478 e. The normalized spacial score (nSPS) is 10.1. The number of fused-ring (bicyclic) bond motifs is 1. The molecule has 3 aromatic rings. The molecular weight excluding hydrogens is 318 g/mol. The van der Waals surface area contributed by atoms with Crippen molar-refractivity contribution in [1.82, 2.24) is 14.5 Å². The fourth-order valence-corrected chi connectivity index (χ4v) is 2.20. The molecule has 0 saturated carbocycles. The van der Waals surface area contributed by atoms with Crippen LogP contribution in [0.2, 0.25) is 5.02 Å². The van der Waals surface area contributed by atoms with Crippen LogP contribution in [0, 0.1) is 0 Å². The van der Waals surface area contributed by atoms with Gasteiger partial charge in [-0.2, -0.15) is 0 Å². The lowest BCUT2D eigenvalue weighted by atomic mass is 10.2. The van der Waals surface area contributed by atoms with Gasteiger partial charge in [-0.25, -0.2) is 14.8 Å². The van der Waals surface area contributed by atoms with Crippen molar-refractivity contribution < 1.29 is 14.6 Å². The molecule has 120 valence electrons. The second-order valence-electron chi connectivity index (χ2n) is 4.39. The van der Waals surface area contributed by atoms with Crippen molar-refractivity contribution in [1.29, 1.82) is 0 Å². The van der Waals surface area contributed by atoms with Crippen LogP contribution in [0.4, 0.5) is 0 Å². The summed E-state index contributed by atoms with van der Waals surface area (Å²) in [6, 6.07) is 6.85. The zero-order valence-electron chi connectivity index (χ0n) is 12.9. The fourth-order valence-electron chi connectivity index (χ4n) is 2.02. The summed E-state index contributed by atoms with van der Waals surface area (Å²) in [5, 5.41) is 9.74. The van der Waals surface area contributed by atoms with Crippen LogP contribution in [0.1, 0.15) is 24.2 Å². The Bertz CT molecular complexity index is 846. The molecule has 0 atom stereocenters. The van der Waals surface area contributed by atoms with Gasteiger partial charge in [0.05, 0.1) is 11.8 Å². The summed E-state index contributed by atoms with van der Waals surface area (Å²) in [5.74, 6) is -0.326. The van der Waals surface area contributed by atoms with E-state index in [4.69, 9.17) is 16.3 Å². The van der Waals surface area contributed by atoms with Gasteiger partial charge in [-0.1, -0.05) is 31.5 Å². The molecule has 0 bridgehead atoms. The molecule has 23 heavy (non-hydrogen) atoms. The van der Waals surface area contributed by atoms with Crippen molar-refractivity contribution in [3.05, 3.63) is 47.4 Å². The van der Waals surface area contributed by atoms with Gasteiger partial charge in [0.2, 0.25) is 5.88 Å². The van der Waals surface area contributed by atoms with E-state index in [2.05, 4.69) is 9.97 Å². The third-order valence-electron chi connectivity index (χ3n) is 2.95. The molecule has 6 nitrogen and oxygen atoms in total. The van der Waals surface area contributed by atoms with Crippen LogP contribution in [0.5, 0.6) is 11.6 Å². The summed E-state index contributed by atoms with van der Waals surface area (Å²) in [7, 11) is 1.71. The number of nitrogens with zero attached hydrogens (tertiary/aromatic N) is 3. The molecule has 0 unspecified atom stereocenters. The second kappa shape index (κ2) is 7.11. The van der Waals surface area contributed by atoms with E-state index in [1.54, 1.807) is 35.9 Å². The van der Waals surface area contributed by atoms with E-state index >= 15 is 0 Å². The summed E-state index contributed by atoms with van der Waals surface area (Å²) in [4.78, 5) is 19.4. The lowest BCUT2D eigenvalue weighted by Gasteiger charge is -2.07. The number of ether oxygens (including phenoxy) is 1. The monoisotopic (exact) mass is 333 g/mol. The number of carboxylic acids is 1. The van der Waals surface area contributed by atoms with E-state index in [1.165, 1.54) is 12.5 Å². The van der Waals surface area contributed by atoms with Gasteiger partial charge in [0.1, 0.15) is 11.3 Å². The Morgan fingerprint density at radius 1 is 1.30 bits per heavy atom. The molecule has 0 spiro atoms. The quantitative estimate of drug-likeness (QED) is 0.779. The number of halogens is 1. The predicted octanol–water partition coefficient (Wildman–Crippen LogP) is 4.14. The Morgan fingerprint density at radius 3 is 2.70 bits per heavy atom. The van der Waals surface area contributed by atoms with Gasteiger partial charge in [-0.3, -0.25) is 0 Å². The van der Waals surface area contributed by atoms with Gasteiger partial charge >= 0.3 is 5.97 Å². The Hall–Kier alpha value is -2.60. The standard InChI is InChI=1S/C14H10ClN3O3.C2H6/c1-18-7-17-11-12(18)10(14(19)20)6-16-13(11)21-9-4-2-3-8(15)5-9;1-2/h2-7H,1H3,(H,19,20);1-2H3. The molecule has 0 aliphatic carbocycles. The molecule has 1 aromatic carbocycles. The minimum absolute atomic E-state index is 0.0726. The van der Waals surface area contributed by atoms with Crippen LogP contribution < -0.4 is 4.74 Å². The van der Waals surface area contributed by atoms with E-state index in [-0.39, 0.29) is 11.4 Å². The highest BCUT2D eigenvalue weighted by Crippen LogP contribution is 2.29. The van der Waals surface area contributed by atoms with Crippen LogP contribution in [0.3, 0.4) is 0 Å². The molecule has 0 radical (unpaired) electrons. The molecule has 0 aliphatic heterocycles. The first-order chi connectivity index (χ1) is 11.1. The number of pyridine rings is 1. The fraction of sp³-hybridized carbons (Fsp3) is 0.188. The molecule has 0 amide bonds. The zero-order chi connectivity index (χ0) is 17.0. The topological polar surface area (TPSA) is 77.2 Å². The summed E-state index contributed by atoms with van der Waals surface area (Å²) < 4.78 is 7.27. The van der Waals surface area contributed by atoms with Gasteiger partial charge in [-0.05, 0) is 18.2 Å². The van der Waals surface area contributed by atoms with Crippen molar-refractivity contribution in [2.75, 3.05) is 0 Å². The van der Waals surface area contributed by atoms with Gasteiger partial charge < -0.3 is 14.4 Å². The van der Waals surface area contributed by atoms with Crippen LogP contribution in [0.15, 0.2) is 36.8 Å². The van der Waals surface area contributed by atoms with Gasteiger partial charge in [0.15, 0.2) is 5.52 Å². The van der Waals surface area contributed by atoms with Crippen molar-refractivity contribution in [3.8, 4) is 11.6 Å². The number of hydrogen-bond acceptors (Lipinski definition) is 4. The first-order valence-corrected chi connectivity index (χ1v) is 7.41. The maximum atomic E-state index is 11.2. The highest BCUT2D eigenvalue weighted by molar-refractivity contribution is 6.30. The molecular formula is C16H16ClN3O3. The average molecular weight is 334 g/mol. The number of carboxylic acid groups (broad SMARTS) is 1.